The van der Waals surface area contributed by atoms with E-state index in [2.05, 4.69) is 10.6 Å². The van der Waals surface area contributed by atoms with E-state index in [0.717, 1.165) is 27.9 Å². The average Bonchev–Trinajstić information content (AvgIpc) is 2.81. The zero-order chi connectivity index (χ0) is 25.0. The second kappa shape index (κ2) is 9.76. The van der Waals surface area contributed by atoms with Crippen molar-refractivity contribution in [1.82, 2.24) is 5.01 Å². The van der Waals surface area contributed by atoms with Gasteiger partial charge >= 0.3 is 12.0 Å². The molecule has 0 aliphatic rings. The number of urea groups is 1. The minimum absolute atomic E-state index is 0.280. The number of nitrogens with two attached hydrogens (primary N) is 1. The summed E-state index contributed by atoms with van der Waals surface area (Å²) in [6.45, 7) is 6.72. The third kappa shape index (κ3) is 5.41. The predicted molar refractivity (Wildman–Crippen MR) is 133 cm³/mol. The Kier molecular flexibility index (Phi) is 7.03. The molecular formula is C26H28N4O4. The number of aliphatic carboxylic acids is 1. The molecule has 0 saturated heterocycles. The molecule has 0 radical (unpaired) electrons. The zero-order valence-electron chi connectivity index (χ0n) is 19.5. The van der Waals surface area contributed by atoms with Crippen molar-refractivity contribution in [3.63, 3.8) is 0 Å². The Morgan fingerprint density at radius 3 is 1.82 bits per heavy atom. The first-order chi connectivity index (χ1) is 16.0. The standard InChI is InChI=1S/C26H28N4O4/c1-16-5-12-22(15-17(16)2)29-25(34)28-21-13-10-19(11-14-21)18-6-8-20(9-7-18)23(31)30(27)26(3,4)24(32)33/h5-15H,27H2,1-4H3,(H,32,33)(H2,28,29,34). The summed E-state index contributed by atoms with van der Waals surface area (Å²) >= 11 is 0. The smallest absolute Gasteiger partial charge is 0.330 e. The summed E-state index contributed by atoms with van der Waals surface area (Å²) in [6.07, 6.45) is 0. The van der Waals surface area contributed by atoms with Crippen LogP contribution in [-0.2, 0) is 4.79 Å². The van der Waals surface area contributed by atoms with Gasteiger partial charge in [0.2, 0.25) is 0 Å². The first-order valence-corrected chi connectivity index (χ1v) is 10.7. The molecule has 3 amide bonds. The van der Waals surface area contributed by atoms with Gasteiger partial charge in [-0.25, -0.2) is 15.4 Å². The number of amides is 3. The molecule has 0 aliphatic heterocycles. The number of nitrogens with one attached hydrogen (secondary N) is 2. The summed E-state index contributed by atoms with van der Waals surface area (Å²) in [5.74, 6) is 3.97. The topological polar surface area (TPSA) is 125 Å². The van der Waals surface area contributed by atoms with Gasteiger partial charge in [-0.3, -0.25) is 9.80 Å². The molecule has 8 nitrogen and oxygen atoms in total. The molecule has 0 unspecified atom stereocenters. The zero-order valence-corrected chi connectivity index (χ0v) is 19.5. The molecule has 0 spiro atoms. The van der Waals surface area contributed by atoms with Gasteiger partial charge < -0.3 is 15.7 Å². The first-order valence-electron chi connectivity index (χ1n) is 10.7. The minimum atomic E-state index is -1.54. The second-order valence-corrected chi connectivity index (χ2v) is 8.57. The van der Waals surface area contributed by atoms with Gasteiger partial charge in [-0.1, -0.05) is 30.3 Å². The van der Waals surface area contributed by atoms with Crippen LogP contribution in [0.1, 0.15) is 35.3 Å². The van der Waals surface area contributed by atoms with Gasteiger partial charge in [-0.2, -0.15) is 0 Å². The van der Waals surface area contributed by atoms with E-state index in [0.29, 0.717) is 10.7 Å². The van der Waals surface area contributed by atoms with Crippen molar-refractivity contribution in [3.8, 4) is 11.1 Å². The molecular weight excluding hydrogens is 432 g/mol. The molecule has 3 rings (SSSR count). The number of rotatable bonds is 6. The van der Waals surface area contributed by atoms with Crippen molar-refractivity contribution < 1.29 is 19.5 Å². The Balaban J connectivity index is 1.65. The molecule has 0 bridgehead atoms. The fraction of sp³-hybridized carbons (Fsp3) is 0.192. The van der Waals surface area contributed by atoms with Gasteiger partial charge in [0, 0.05) is 16.9 Å². The normalized spacial score (nSPS) is 11.0. The Hall–Kier alpha value is -4.17. The van der Waals surface area contributed by atoms with Gasteiger partial charge in [0.25, 0.3) is 5.91 Å². The lowest BCUT2D eigenvalue weighted by Crippen LogP contribution is -2.56. The van der Waals surface area contributed by atoms with Gasteiger partial charge in [-0.15, -0.1) is 0 Å². The van der Waals surface area contributed by atoms with Crippen LogP contribution in [0, 0.1) is 13.8 Å². The van der Waals surface area contributed by atoms with E-state index in [4.69, 9.17) is 5.84 Å². The van der Waals surface area contributed by atoms with Crippen molar-refractivity contribution >= 4 is 29.3 Å². The summed E-state index contributed by atoms with van der Waals surface area (Å²) in [7, 11) is 0. The van der Waals surface area contributed by atoms with Crippen molar-refractivity contribution in [3.05, 3.63) is 83.4 Å². The highest BCUT2D eigenvalue weighted by Gasteiger charge is 2.36. The number of benzene rings is 3. The molecule has 0 aliphatic carbocycles. The summed E-state index contributed by atoms with van der Waals surface area (Å²) < 4.78 is 0. The van der Waals surface area contributed by atoms with Crippen LogP contribution in [0.15, 0.2) is 66.7 Å². The number of aryl methyl sites for hydroxylation is 2. The number of nitrogens with zero attached hydrogens (tertiary/aromatic N) is 1. The SMILES string of the molecule is Cc1ccc(NC(=O)Nc2ccc(-c3ccc(C(=O)N(N)C(C)(C)C(=O)O)cc3)cc2)cc1C. The Morgan fingerprint density at radius 1 is 0.794 bits per heavy atom. The van der Waals surface area contributed by atoms with Crippen LogP contribution in [-0.4, -0.2) is 33.6 Å². The van der Waals surface area contributed by atoms with Crippen molar-refractivity contribution in [2.45, 2.75) is 33.2 Å². The molecule has 3 aromatic carbocycles. The lowest BCUT2D eigenvalue weighted by Gasteiger charge is -2.30. The van der Waals surface area contributed by atoms with E-state index in [9.17, 15) is 19.5 Å². The Bertz CT molecular complexity index is 1220. The third-order valence-corrected chi connectivity index (χ3v) is 5.72. The molecule has 3 aromatic rings. The third-order valence-electron chi connectivity index (χ3n) is 5.72. The number of hydrazine groups is 1. The molecule has 0 fully saturated rings. The number of anilines is 2. The van der Waals surface area contributed by atoms with Crippen LogP contribution in [0.3, 0.4) is 0 Å². The fourth-order valence-electron chi connectivity index (χ4n) is 3.16. The molecule has 8 heteroatoms. The molecule has 34 heavy (non-hydrogen) atoms. The number of hydrogen-bond acceptors (Lipinski definition) is 4. The molecule has 0 atom stereocenters. The van der Waals surface area contributed by atoms with Gasteiger partial charge in [0.05, 0.1) is 0 Å². The summed E-state index contributed by atoms with van der Waals surface area (Å²) in [5, 5.41) is 15.6. The van der Waals surface area contributed by atoms with E-state index in [-0.39, 0.29) is 11.6 Å². The Labute approximate surface area is 198 Å². The van der Waals surface area contributed by atoms with Crippen LogP contribution in [0.2, 0.25) is 0 Å². The van der Waals surface area contributed by atoms with Crippen molar-refractivity contribution in [2.75, 3.05) is 10.6 Å². The minimum Gasteiger partial charge on any atom is -0.479 e. The predicted octanol–water partition coefficient (Wildman–Crippen LogP) is 4.79. The van der Waals surface area contributed by atoms with Crippen LogP contribution < -0.4 is 16.5 Å². The lowest BCUT2D eigenvalue weighted by atomic mass is 10.0. The van der Waals surface area contributed by atoms with E-state index in [1.165, 1.54) is 13.8 Å². The monoisotopic (exact) mass is 460 g/mol. The highest BCUT2D eigenvalue weighted by Crippen LogP contribution is 2.23. The molecule has 0 heterocycles. The highest BCUT2D eigenvalue weighted by atomic mass is 16.4. The summed E-state index contributed by atoms with van der Waals surface area (Å²) in [5.41, 5.74) is 4.08. The maximum atomic E-state index is 12.5. The van der Waals surface area contributed by atoms with Crippen LogP contribution >= 0.6 is 0 Å². The molecule has 0 aromatic heterocycles. The van der Waals surface area contributed by atoms with E-state index in [1.54, 1.807) is 36.4 Å². The number of carboxylic acids is 1. The fourth-order valence-corrected chi connectivity index (χ4v) is 3.16. The molecule has 0 saturated carbocycles. The number of carboxylic acid groups (broad SMARTS) is 1. The highest BCUT2D eigenvalue weighted by molar-refractivity contribution is 6.00. The largest absolute Gasteiger partial charge is 0.479 e. The van der Waals surface area contributed by atoms with Crippen molar-refractivity contribution in [1.29, 1.82) is 0 Å². The summed E-state index contributed by atoms with van der Waals surface area (Å²) in [4.78, 5) is 36.2. The van der Waals surface area contributed by atoms with E-state index >= 15 is 0 Å². The van der Waals surface area contributed by atoms with Gasteiger partial charge in [-0.05, 0) is 86.3 Å². The van der Waals surface area contributed by atoms with E-state index in [1.807, 2.05) is 44.2 Å². The van der Waals surface area contributed by atoms with Gasteiger partial charge in [0.1, 0.15) is 0 Å². The maximum Gasteiger partial charge on any atom is 0.330 e. The maximum absolute atomic E-state index is 12.5. The average molecular weight is 461 g/mol. The number of carbonyl (C=O) groups excluding carboxylic acids is 2. The van der Waals surface area contributed by atoms with Gasteiger partial charge in [0.15, 0.2) is 5.54 Å². The molecule has 176 valence electrons. The number of carbonyl (C=O) groups is 3. The first kappa shape index (κ1) is 24.5. The summed E-state index contributed by atoms with van der Waals surface area (Å²) in [6, 6.07) is 19.4. The van der Waals surface area contributed by atoms with Crippen LogP contribution in [0.25, 0.3) is 11.1 Å². The number of hydrogen-bond donors (Lipinski definition) is 4. The molecule has 5 N–H and O–H groups in total. The van der Waals surface area contributed by atoms with E-state index < -0.39 is 17.4 Å². The second-order valence-electron chi connectivity index (χ2n) is 8.57. The van der Waals surface area contributed by atoms with Crippen molar-refractivity contribution in [2.24, 2.45) is 5.84 Å². The lowest BCUT2D eigenvalue weighted by molar-refractivity contribution is -0.147. The van der Waals surface area contributed by atoms with Crippen LogP contribution in [0.4, 0.5) is 16.2 Å². The quantitative estimate of drug-likeness (QED) is 0.239. The Morgan fingerprint density at radius 2 is 1.29 bits per heavy atom. The van der Waals surface area contributed by atoms with Crippen LogP contribution in [0.5, 0.6) is 0 Å².